The van der Waals surface area contributed by atoms with Crippen LogP contribution in [0.3, 0.4) is 0 Å². The third-order valence-corrected chi connectivity index (χ3v) is 24.0. The lowest BCUT2D eigenvalue weighted by Gasteiger charge is -2.37. The SMILES string of the molecule is Cc1ccc(-c2n[nH]c(C(Br)C(=O)OC3C(C)CC(C)CC3C)n2)cc1.Cc1ccc(-c2n[nH]c(C(Br)C(=O)OC3C(C)CC(C)CC3C)n2)cc1.Cc1ccc(-c2n[nH]c(C(Br)C(=O)OC3C(C)CC(C)CC3C)n2)cc1.Cc1ccc(-c2n[nH]c(C(Br)C(=O)OC3C(C)CC(C)CC3C)n2)cc1. The van der Waals surface area contributed by atoms with E-state index in [4.69, 9.17) is 18.9 Å². The minimum atomic E-state index is -0.645. The fourth-order valence-electron chi connectivity index (χ4n) is 15.8. The topological polar surface area (TPSA) is 271 Å². The van der Waals surface area contributed by atoms with Crippen molar-refractivity contribution < 1.29 is 38.1 Å². The number of carbonyl (C=O) groups excluding carboxylic acids is 4. The van der Waals surface area contributed by atoms with E-state index in [0.717, 1.165) is 73.6 Å². The van der Waals surface area contributed by atoms with E-state index in [2.05, 4.69) is 208 Å². The van der Waals surface area contributed by atoms with Gasteiger partial charge in [0, 0.05) is 22.3 Å². The highest BCUT2D eigenvalue weighted by atomic mass is 79.9. The van der Waals surface area contributed by atoms with E-state index in [0.29, 0.717) is 118 Å². The molecule has 4 aromatic carbocycles. The first-order valence-electron chi connectivity index (χ1n) is 36.7. The van der Waals surface area contributed by atoms with Crippen LogP contribution >= 0.6 is 63.7 Å². The molecule has 20 nitrogen and oxygen atoms in total. The van der Waals surface area contributed by atoms with E-state index in [1.54, 1.807) is 0 Å². The van der Waals surface area contributed by atoms with Crippen LogP contribution in [0.2, 0.25) is 0 Å². The van der Waals surface area contributed by atoms with Gasteiger partial charge in [-0.25, -0.2) is 19.9 Å². The highest BCUT2D eigenvalue weighted by Crippen LogP contribution is 2.41. The largest absolute Gasteiger partial charge is 0.461 e. The molecule has 4 aliphatic carbocycles. The molecular weight excluding hydrogens is 1580 g/mol. The number of hydrogen-bond acceptors (Lipinski definition) is 16. The minimum absolute atomic E-state index is 0.0433. The maximum atomic E-state index is 12.6. The Hall–Kier alpha value is -6.76. The Balaban J connectivity index is 0.000000161. The predicted octanol–water partition coefficient (Wildman–Crippen LogP) is 19.3. The number of aryl methyl sites for hydroxylation is 4. The van der Waals surface area contributed by atoms with Crippen molar-refractivity contribution in [3.63, 3.8) is 0 Å². The van der Waals surface area contributed by atoms with Crippen LogP contribution in [0, 0.1) is 98.7 Å². The quantitative estimate of drug-likeness (QED) is 0.0398. The van der Waals surface area contributed by atoms with Crippen LogP contribution in [-0.4, -0.2) is 109 Å². The van der Waals surface area contributed by atoms with Gasteiger partial charge in [-0.2, -0.15) is 20.4 Å². The second kappa shape index (κ2) is 37.2. The summed E-state index contributed by atoms with van der Waals surface area (Å²) in [5.74, 6) is 8.62. The Kier molecular flexibility index (Phi) is 29.1. The summed E-state index contributed by atoms with van der Waals surface area (Å²) in [6, 6.07) is 31.8. The number of H-pyrrole nitrogens is 4. The molecule has 12 atom stereocenters. The molecule has 0 amide bonds. The average Bonchev–Trinajstić information content (AvgIpc) is 1.53. The second-order valence-corrected chi connectivity index (χ2v) is 34.5. The maximum Gasteiger partial charge on any atom is 0.327 e. The Labute approximate surface area is 646 Å². The number of halogens is 4. The molecule has 4 N–H and O–H groups in total. The number of ether oxygens (including phenoxy) is 4. The van der Waals surface area contributed by atoms with Crippen molar-refractivity contribution in [3.05, 3.63) is 143 Å². The normalized spacial score (nSPS) is 27.1. The van der Waals surface area contributed by atoms with Crippen molar-refractivity contribution in [1.82, 2.24) is 60.7 Å². The lowest BCUT2D eigenvalue weighted by Crippen LogP contribution is -2.38. The summed E-state index contributed by atoms with van der Waals surface area (Å²) in [7, 11) is 0. The molecular formula is C80H104Br4N12O8. The molecule has 0 aliphatic heterocycles. The third kappa shape index (κ3) is 21.7. The molecule has 4 aliphatic rings. The van der Waals surface area contributed by atoms with Crippen LogP contribution in [0.5, 0.6) is 0 Å². The van der Waals surface area contributed by atoms with Gasteiger partial charge >= 0.3 is 23.9 Å². The van der Waals surface area contributed by atoms with E-state index in [1.165, 1.54) is 22.3 Å². The number of aromatic amines is 4. The lowest BCUT2D eigenvalue weighted by atomic mass is 9.75. The van der Waals surface area contributed by atoms with Crippen molar-refractivity contribution in [2.75, 3.05) is 0 Å². The number of esters is 4. The molecule has 12 unspecified atom stereocenters. The van der Waals surface area contributed by atoms with Crippen LogP contribution in [0.4, 0.5) is 0 Å². The molecule has 0 radical (unpaired) electrons. The van der Waals surface area contributed by atoms with Gasteiger partial charge in [-0.15, -0.1) is 0 Å². The number of aromatic nitrogens is 12. The molecule has 560 valence electrons. The lowest BCUT2D eigenvalue weighted by molar-refractivity contribution is -0.158. The first kappa shape index (κ1) is 81.3. The minimum Gasteiger partial charge on any atom is -0.461 e. The summed E-state index contributed by atoms with van der Waals surface area (Å²) in [4.78, 5) is 65.7. The van der Waals surface area contributed by atoms with Gasteiger partial charge in [-0.3, -0.25) is 39.6 Å². The summed E-state index contributed by atoms with van der Waals surface area (Å²) in [6.07, 6.45) is 8.57. The van der Waals surface area contributed by atoms with Crippen molar-refractivity contribution in [2.45, 2.75) is 206 Å². The van der Waals surface area contributed by atoms with Gasteiger partial charge in [0.15, 0.2) is 42.6 Å². The number of nitrogens with one attached hydrogen (secondary N) is 4. The van der Waals surface area contributed by atoms with E-state index < -0.39 is 19.3 Å². The highest BCUT2D eigenvalue weighted by molar-refractivity contribution is 9.10. The second-order valence-electron chi connectivity index (χ2n) is 30.8. The van der Waals surface area contributed by atoms with Gasteiger partial charge < -0.3 is 18.9 Å². The summed E-state index contributed by atoms with van der Waals surface area (Å²) >= 11 is 13.7. The maximum absolute atomic E-state index is 12.6. The Bertz CT molecular complexity index is 3510. The molecule has 24 heteroatoms. The van der Waals surface area contributed by atoms with Gasteiger partial charge in [0.25, 0.3) is 0 Å². The summed E-state index contributed by atoms with van der Waals surface area (Å²) in [5.41, 5.74) is 8.36. The fourth-order valence-corrected chi connectivity index (χ4v) is 17.1. The Morgan fingerprint density at radius 2 is 0.452 bits per heavy atom. The van der Waals surface area contributed by atoms with Crippen LogP contribution < -0.4 is 0 Å². The molecule has 4 heterocycles. The zero-order chi connectivity index (χ0) is 75.4. The van der Waals surface area contributed by atoms with Gasteiger partial charge in [0.1, 0.15) is 47.7 Å². The molecule has 0 saturated heterocycles. The standard InChI is InChI=1S/4C20H26BrN3O2/c4*1-11-5-7-15(8-6-11)18-22-19(24-23-18)16(21)20(25)26-17-13(3)9-12(2)10-14(17)4/h4*5-8,12-14,16-17H,9-10H2,1-4H3,(H,22,23,24). The molecule has 104 heavy (non-hydrogen) atoms. The molecule has 4 aromatic heterocycles. The van der Waals surface area contributed by atoms with Crippen molar-refractivity contribution in [3.8, 4) is 45.6 Å². The van der Waals surface area contributed by atoms with Gasteiger partial charge in [0.05, 0.1) is 0 Å². The number of benzene rings is 4. The van der Waals surface area contributed by atoms with E-state index >= 15 is 0 Å². The fraction of sp³-hybridized carbons (Fsp3) is 0.550. The summed E-state index contributed by atoms with van der Waals surface area (Å²) in [5, 5.41) is 28.4. The van der Waals surface area contributed by atoms with E-state index in [9.17, 15) is 19.2 Å². The van der Waals surface area contributed by atoms with Crippen molar-refractivity contribution in [1.29, 1.82) is 0 Å². The average molecular weight is 1680 g/mol. The number of carbonyl (C=O) groups is 4. The number of hydrogen-bond donors (Lipinski definition) is 4. The van der Waals surface area contributed by atoms with Gasteiger partial charge in [-0.05, 0) is 150 Å². The molecule has 4 saturated carbocycles. The highest BCUT2D eigenvalue weighted by Gasteiger charge is 2.41. The predicted molar refractivity (Wildman–Crippen MR) is 419 cm³/mol. The summed E-state index contributed by atoms with van der Waals surface area (Å²) in [6.45, 7) is 34.5. The van der Waals surface area contributed by atoms with Gasteiger partial charge in [-0.1, -0.05) is 266 Å². The molecule has 8 aromatic rings. The molecule has 0 bridgehead atoms. The van der Waals surface area contributed by atoms with E-state index in [1.807, 2.05) is 125 Å². The number of rotatable bonds is 16. The summed E-state index contributed by atoms with van der Waals surface area (Å²) < 4.78 is 23.3. The zero-order valence-electron chi connectivity index (χ0n) is 62.8. The first-order valence-corrected chi connectivity index (χ1v) is 40.4. The van der Waals surface area contributed by atoms with Gasteiger partial charge in [0.2, 0.25) is 0 Å². The smallest absolute Gasteiger partial charge is 0.327 e. The number of nitrogens with zero attached hydrogens (tertiary/aromatic N) is 8. The van der Waals surface area contributed by atoms with E-state index in [-0.39, 0.29) is 48.3 Å². The van der Waals surface area contributed by atoms with Crippen LogP contribution in [0.15, 0.2) is 97.1 Å². The zero-order valence-corrected chi connectivity index (χ0v) is 69.1. The van der Waals surface area contributed by atoms with Crippen LogP contribution in [0.1, 0.15) is 199 Å². The molecule has 0 spiro atoms. The Morgan fingerprint density at radius 3 is 0.606 bits per heavy atom. The van der Waals surface area contributed by atoms with Crippen LogP contribution in [0.25, 0.3) is 45.6 Å². The monoisotopic (exact) mass is 1680 g/mol. The number of alkyl halides is 4. The van der Waals surface area contributed by atoms with Crippen molar-refractivity contribution in [2.24, 2.45) is 71.0 Å². The molecule has 4 fully saturated rings. The van der Waals surface area contributed by atoms with Crippen LogP contribution in [-0.2, 0) is 38.1 Å². The Morgan fingerprint density at radius 1 is 0.298 bits per heavy atom. The first-order chi connectivity index (χ1) is 49.4. The van der Waals surface area contributed by atoms with Crippen molar-refractivity contribution >= 4 is 87.6 Å². The molecule has 12 rings (SSSR count). The third-order valence-electron chi connectivity index (χ3n) is 20.7.